The first-order valence-corrected chi connectivity index (χ1v) is 7.73. The van der Waals surface area contributed by atoms with E-state index < -0.39 is 18.5 Å². The number of aryl methyl sites for hydroxylation is 2. The topological polar surface area (TPSA) is 64.6 Å². The Kier molecular flexibility index (Phi) is 6.21. The Bertz CT molecular complexity index is 746. The zero-order chi connectivity index (χ0) is 17.5. The Labute approximate surface area is 145 Å². The second kappa shape index (κ2) is 8.36. The number of carbonyl (C=O) groups is 2. The molecule has 1 amide bonds. The van der Waals surface area contributed by atoms with Gasteiger partial charge in [0.2, 0.25) is 0 Å². The Morgan fingerprint density at radius 2 is 1.79 bits per heavy atom. The summed E-state index contributed by atoms with van der Waals surface area (Å²) in [6.45, 7) is 3.28. The third-order valence-electron chi connectivity index (χ3n) is 3.35. The zero-order valence-corrected chi connectivity index (χ0v) is 14.2. The molecule has 6 heteroatoms. The molecule has 0 fully saturated rings. The molecule has 0 atom stereocenters. The average molecular weight is 348 g/mol. The van der Waals surface area contributed by atoms with E-state index in [9.17, 15) is 9.59 Å². The minimum atomic E-state index is -0.623. The molecule has 0 radical (unpaired) electrons. The largest absolute Gasteiger partial charge is 0.482 e. The van der Waals surface area contributed by atoms with Crippen molar-refractivity contribution in [2.24, 2.45) is 0 Å². The van der Waals surface area contributed by atoms with Gasteiger partial charge in [-0.1, -0.05) is 29.8 Å². The number of halogens is 1. The fourth-order valence-corrected chi connectivity index (χ4v) is 2.07. The van der Waals surface area contributed by atoms with Gasteiger partial charge >= 0.3 is 5.97 Å². The van der Waals surface area contributed by atoms with Crippen LogP contribution in [0.25, 0.3) is 0 Å². The third-order valence-corrected chi connectivity index (χ3v) is 3.68. The van der Waals surface area contributed by atoms with Crippen molar-refractivity contribution in [1.82, 2.24) is 0 Å². The summed E-state index contributed by atoms with van der Waals surface area (Å²) in [7, 11) is 0. The number of rotatable bonds is 6. The molecular formula is C18H18ClNO4. The molecular weight excluding hydrogens is 330 g/mol. The summed E-state index contributed by atoms with van der Waals surface area (Å²) in [6, 6.07) is 12.3. The summed E-state index contributed by atoms with van der Waals surface area (Å²) in [6.07, 6.45) is 0. The van der Waals surface area contributed by atoms with E-state index in [1.54, 1.807) is 30.3 Å². The van der Waals surface area contributed by atoms with E-state index in [2.05, 4.69) is 5.32 Å². The molecule has 0 aliphatic heterocycles. The first kappa shape index (κ1) is 17.8. The van der Waals surface area contributed by atoms with Gasteiger partial charge < -0.3 is 14.8 Å². The third kappa shape index (κ3) is 5.28. The van der Waals surface area contributed by atoms with E-state index in [0.29, 0.717) is 16.5 Å². The summed E-state index contributed by atoms with van der Waals surface area (Å²) in [4.78, 5) is 23.4. The predicted molar refractivity (Wildman–Crippen MR) is 92.5 cm³/mol. The van der Waals surface area contributed by atoms with Crippen LogP contribution >= 0.6 is 11.6 Å². The fraction of sp³-hybridized carbons (Fsp3) is 0.222. The molecule has 0 aliphatic rings. The predicted octanol–water partition coefficient (Wildman–Crippen LogP) is 3.52. The van der Waals surface area contributed by atoms with Gasteiger partial charge in [-0.15, -0.1) is 0 Å². The quantitative estimate of drug-likeness (QED) is 0.812. The van der Waals surface area contributed by atoms with Gasteiger partial charge in [0.15, 0.2) is 13.2 Å². The monoisotopic (exact) mass is 347 g/mol. The van der Waals surface area contributed by atoms with Gasteiger partial charge in [0, 0.05) is 0 Å². The number of nitrogens with one attached hydrogen (secondary N) is 1. The molecule has 0 bridgehead atoms. The second-order valence-electron chi connectivity index (χ2n) is 5.22. The van der Waals surface area contributed by atoms with E-state index in [-0.39, 0.29) is 6.61 Å². The smallest absolute Gasteiger partial charge is 0.344 e. The van der Waals surface area contributed by atoms with Gasteiger partial charge in [0.1, 0.15) is 5.75 Å². The molecule has 0 spiro atoms. The van der Waals surface area contributed by atoms with Crippen LogP contribution in [0.2, 0.25) is 5.02 Å². The molecule has 126 valence electrons. The molecule has 0 unspecified atom stereocenters. The molecule has 0 saturated carbocycles. The van der Waals surface area contributed by atoms with Gasteiger partial charge in [-0.3, -0.25) is 4.79 Å². The van der Waals surface area contributed by atoms with Gasteiger partial charge in [0.25, 0.3) is 5.91 Å². The van der Waals surface area contributed by atoms with Crippen LogP contribution in [0, 0.1) is 13.8 Å². The minimum Gasteiger partial charge on any atom is -0.482 e. The van der Waals surface area contributed by atoms with Crippen LogP contribution in [0.4, 0.5) is 5.69 Å². The van der Waals surface area contributed by atoms with E-state index >= 15 is 0 Å². The Hall–Kier alpha value is -2.53. The summed E-state index contributed by atoms with van der Waals surface area (Å²) in [5.74, 6) is -0.513. The maximum Gasteiger partial charge on any atom is 0.344 e. The Balaban J connectivity index is 1.75. The lowest BCUT2D eigenvalue weighted by Crippen LogP contribution is -2.23. The van der Waals surface area contributed by atoms with Crippen LogP contribution in [0.5, 0.6) is 5.75 Å². The number of esters is 1. The average Bonchev–Trinajstić information content (AvgIpc) is 2.56. The van der Waals surface area contributed by atoms with Crippen molar-refractivity contribution in [3.63, 3.8) is 0 Å². The van der Waals surface area contributed by atoms with Gasteiger partial charge in [-0.05, 0) is 49.2 Å². The molecule has 2 aromatic carbocycles. The van der Waals surface area contributed by atoms with Crippen molar-refractivity contribution in [2.75, 3.05) is 18.5 Å². The molecule has 0 aromatic heterocycles. The molecule has 2 rings (SSSR count). The van der Waals surface area contributed by atoms with Crippen LogP contribution in [-0.2, 0) is 14.3 Å². The van der Waals surface area contributed by atoms with Crippen molar-refractivity contribution >= 4 is 29.2 Å². The second-order valence-corrected chi connectivity index (χ2v) is 5.63. The summed E-state index contributed by atoms with van der Waals surface area (Å²) < 4.78 is 10.2. The number of para-hydroxylation sites is 1. The molecule has 1 N–H and O–H groups in total. The van der Waals surface area contributed by atoms with Gasteiger partial charge in [0.05, 0.1) is 10.7 Å². The Morgan fingerprint density at radius 1 is 1.04 bits per heavy atom. The number of hydrogen-bond donors (Lipinski definition) is 1. The van der Waals surface area contributed by atoms with Crippen LogP contribution in [-0.4, -0.2) is 25.1 Å². The van der Waals surface area contributed by atoms with E-state index in [1.807, 2.05) is 26.0 Å². The standard InChI is InChI=1S/C18H18ClNO4/c1-12-7-8-14(9-13(12)2)23-11-18(22)24-10-17(21)20-16-6-4-3-5-15(16)19/h3-9H,10-11H2,1-2H3,(H,20,21). The van der Waals surface area contributed by atoms with Crippen LogP contribution in [0.3, 0.4) is 0 Å². The molecule has 0 heterocycles. The lowest BCUT2D eigenvalue weighted by Gasteiger charge is -2.09. The summed E-state index contributed by atoms with van der Waals surface area (Å²) in [5.41, 5.74) is 2.67. The van der Waals surface area contributed by atoms with Crippen molar-refractivity contribution < 1.29 is 19.1 Å². The minimum absolute atomic E-state index is 0.262. The first-order chi connectivity index (χ1) is 11.5. The highest BCUT2D eigenvalue weighted by atomic mass is 35.5. The molecule has 0 saturated heterocycles. The first-order valence-electron chi connectivity index (χ1n) is 7.36. The van der Waals surface area contributed by atoms with Crippen molar-refractivity contribution in [1.29, 1.82) is 0 Å². The SMILES string of the molecule is Cc1ccc(OCC(=O)OCC(=O)Nc2ccccc2Cl)cc1C. The maximum absolute atomic E-state index is 11.7. The molecule has 5 nitrogen and oxygen atoms in total. The molecule has 24 heavy (non-hydrogen) atoms. The van der Waals surface area contributed by atoms with Crippen LogP contribution in [0.15, 0.2) is 42.5 Å². The number of benzene rings is 2. The molecule has 2 aromatic rings. The number of carbonyl (C=O) groups excluding carboxylic acids is 2. The Morgan fingerprint density at radius 3 is 2.50 bits per heavy atom. The highest BCUT2D eigenvalue weighted by molar-refractivity contribution is 6.33. The van der Waals surface area contributed by atoms with Gasteiger partial charge in [-0.2, -0.15) is 0 Å². The summed E-state index contributed by atoms with van der Waals surface area (Å²) in [5, 5.41) is 2.98. The fourth-order valence-electron chi connectivity index (χ4n) is 1.88. The highest BCUT2D eigenvalue weighted by Crippen LogP contribution is 2.20. The zero-order valence-electron chi connectivity index (χ0n) is 13.5. The van der Waals surface area contributed by atoms with Crippen LogP contribution in [0.1, 0.15) is 11.1 Å². The number of hydrogen-bond acceptors (Lipinski definition) is 4. The molecule has 0 aliphatic carbocycles. The maximum atomic E-state index is 11.7. The van der Waals surface area contributed by atoms with Crippen molar-refractivity contribution in [2.45, 2.75) is 13.8 Å². The number of ether oxygens (including phenoxy) is 2. The van der Waals surface area contributed by atoms with E-state index in [4.69, 9.17) is 21.1 Å². The van der Waals surface area contributed by atoms with Crippen molar-refractivity contribution in [3.05, 3.63) is 58.6 Å². The highest BCUT2D eigenvalue weighted by Gasteiger charge is 2.10. The van der Waals surface area contributed by atoms with Crippen molar-refractivity contribution in [3.8, 4) is 5.75 Å². The lowest BCUT2D eigenvalue weighted by molar-refractivity contribution is -0.149. The summed E-state index contributed by atoms with van der Waals surface area (Å²) >= 11 is 5.93. The lowest BCUT2D eigenvalue weighted by atomic mass is 10.1. The number of amides is 1. The van der Waals surface area contributed by atoms with E-state index in [1.165, 1.54) is 0 Å². The van der Waals surface area contributed by atoms with Crippen LogP contribution < -0.4 is 10.1 Å². The normalized spacial score (nSPS) is 10.1. The van der Waals surface area contributed by atoms with E-state index in [0.717, 1.165) is 11.1 Å². The number of anilines is 1. The van der Waals surface area contributed by atoms with Gasteiger partial charge in [-0.25, -0.2) is 4.79 Å².